The first-order valence-corrected chi connectivity index (χ1v) is 6.05. The molecule has 0 saturated carbocycles. The highest BCUT2D eigenvalue weighted by Crippen LogP contribution is 2.20. The van der Waals surface area contributed by atoms with Gasteiger partial charge in [-0.2, -0.15) is 0 Å². The number of piperidine rings is 1. The molecule has 1 fully saturated rings. The summed E-state index contributed by atoms with van der Waals surface area (Å²) in [6.45, 7) is 2.87. The number of nitrogens with zero attached hydrogens (tertiary/aromatic N) is 2. The van der Waals surface area contributed by atoms with E-state index in [0.717, 1.165) is 18.5 Å². The second-order valence-corrected chi connectivity index (χ2v) is 4.76. The summed E-state index contributed by atoms with van der Waals surface area (Å²) in [4.78, 5) is 17.9. The first-order valence-electron chi connectivity index (χ1n) is 5.67. The van der Waals surface area contributed by atoms with Crippen LogP contribution in [0.15, 0.2) is 12.3 Å². The van der Waals surface area contributed by atoms with E-state index < -0.39 is 6.10 Å². The van der Waals surface area contributed by atoms with Crippen molar-refractivity contribution in [2.45, 2.75) is 25.9 Å². The number of pyridine rings is 1. The molecule has 0 aromatic carbocycles. The van der Waals surface area contributed by atoms with E-state index in [2.05, 4.69) is 4.98 Å². The number of rotatable bonds is 1. The number of likely N-dealkylation sites (tertiary alicyclic amines) is 1. The Bertz CT molecular complexity index is 437. The van der Waals surface area contributed by atoms with Gasteiger partial charge >= 0.3 is 0 Å². The minimum absolute atomic E-state index is 0.152. The molecule has 2 heterocycles. The van der Waals surface area contributed by atoms with Crippen molar-refractivity contribution < 1.29 is 9.90 Å². The van der Waals surface area contributed by atoms with Crippen molar-refractivity contribution >= 4 is 17.5 Å². The minimum Gasteiger partial charge on any atom is -0.391 e. The van der Waals surface area contributed by atoms with Crippen molar-refractivity contribution in [1.29, 1.82) is 0 Å². The van der Waals surface area contributed by atoms with Gasteiger partial charge in [-0.05, 0) is 25.8 Å². The van der Waals surface area contributed by atoms with Crippen LogP contribution < -0.4 is 0 Å². The smallest absolute Gasteiger partial charge is 0.257 e. The van der Waals surface area contributed by atoms with Crippen LogP contribution in [0.4, 0.5) is 0 Å². The summed E-state index contributed by atoms with van der Waals surface area (Å²) in [7, 11) is 0. The average molecular weight is 255 g/mol. The summed E-state index contributed by atoms with van der Waals surface area (Å²) in [5.74, 6) is -0.152. The van der Waals surface area contributed by atoms with Gasteiger partial charge < -0.3 is 10.0 Å². The quantitative estimate of drug-likeness (QED) is 0.829. The summed E-state index contributed by atoms with van der Waals surface area (Å²) in [5, 5.41) is 9.97. The Morgan fingerprint density at radius 2 is 2.41 bits per heavy atom. The van der Waals surface area contributed by atoms with Crippen LogP contribution in [0.1, 0.15) is 28.9 Å². The van der Waals surface area contributed by atoms with Crippen molar-refractivity contribution in [1.82, 2.24) is 9.88 Å². The fraction of sp³-hybridized carbons (Fsp3) is 0.500. The zero-order chi connectivity index (χ0) is 12.4. The van der Waals surface area contributed by atoms with Crippen LogP contribution in [0.25, 0.3) is 0 Å². The molecule has 1 N–H and O–H groups in total. The second-order valence-electron chi connectivity index (χ2n) is 4.35. The van der Waals surface area contributed by atoms with Crippen LogP contribution in [0.5, 0.6) is 0 Å². The molecular formula is C12H15ClN2O2. The number of hydrogen-bond acceptors (Lipinski definition) is 3. The molecule has 1 amide bonds. The summed E-state index contributed by atoms with van der Waals surface area (Å²) in [6, 6.07) is 1.68. The van der Waals surface area contributed by atoms with Crippen molar-refractivity contribution in [3.8, 4) is 0 Å². The molecule has 5 heteroatoms. The number of aryl methyl sites for hydroxylation is 1. The van der Waals surface area contributed by atoms with Crippen LogP contribution in [-0.4, -0.2) is 40.1 Å². The second kappa shape index (κ2) is 5.02. The Hall–Kier alpha value is -1.13. The van der Waals surface area contributed by atoms with Crippen molar-refractivity contribution in [3.63, 3.8) is 0 Å². The van der Waals surface area contributed by atoms with E-state index in [0.29, 0.717) is 23.7 Å². The SMILES string of the molecule is Cc1cc(Cl)c(C(=O)N2CCC[C@H](O)C2)cn1. The monoisotopic (exact) mass is 254 g/mol. The summed E-state index contributed by atoms with van der Waals surface area (Å²) in [5.41, 5.74) is 1.19. The molecule has 0 aliphatic carbocycles. The topological polar surface area (TPSA) is 53.4 Å². The molecule has 1 saturated heterocycles. The average Bonchev–Trinajstić information content (AvgIpc) is 2.28. The van der Waals surface area contributed by atoms with Gasteiger partial charge in [0.15, 0.2) is 0 Å². The highest BCUT2D eigenvalue weighted by atomic mass is 35.5. The molecule has 4 nitrogen and oxygen atoms in total. The number of hydrogen-bond donors (Lipinski definition) is 1. The Labute approximate surface area is 105 Å². The number of amides is 1. The van der Waals surface area contributed by atoms with Gasteiger partial charge in [-0.25, -0.2) is 0 Å². The van der Waals surface area contributed by atoms with Gasteiger partial charge in [0.25, 0.3) is 5.91 Å². The van der Waals surface area contributed by atoms with Crippen molar-refractivity contribution in [3.05, 3.63) is 28.5 Å². The molecule has 0 spiro atoms. The maximum Gasteiger partial charge on any atom is 0.257 e. The van der Waals surface area contributed by atoms with E-state index in [-0.39, 0.29) is 5.91 Å². The highest BCUT2D eigenvalue weighted by molar-refractivity contribution is 6.33. The predicted octanol–water partition coefficient (Wildman–Crippen LogP) is 1.64. The lowest BCUT2D eigenvalue weighted by atomic mass is 10.1. The molecule has 92 valence electrons. The molecule has 1 aromatic rings. The fourth-order valence-electron chi connectivity index (χ4n) is 1.99. The highest BCUT2D eigenvalue weighted by Gasteiger charge is 2.24. The summed E-state index contributed by atoms with van der Waals surface area (Å²) < 4.78 is 0. The van der Waals surface area contributed by atoms with Gasteiger partial charge in [0, 0.05) is 25.0 Å². The molecular weight excluding hydrogens is 240 g/mol. The van der Waals surface area contributed by atoms with Gasteiger partial charge in [-0.15, -0.1) is 0 Å². The van der Waals surface area contributed by atoms with Gasteiger partial charge in [0.05, 0.1) is 16.7 Å². The molecule has 0 bridgehead atoms. The van der Waals surface area contributed by atoms with E-state index >= 15 is 0 Å². The first kappa shape index (κ1) is 12.3. The third-order valence-corrected chi connectivity index (χ3v) is 3.22. The first-order chi connectivity index (χ1) is 8.08. The molecule has 17 heavy (non-hydrogen) atoms. The molecule has 1 aliphatic rings. The van der Waals surface area contributed by atoms with Crippen molar-refractivity contribution in [2.24, 2.45) is 0 Å². The Morgan fingerprint density at radius 3 is 3.06 bits per heavy atom. The third kappa shape index (κ3) is 2.76. The fourth-order valence-corrected chi connectivity index (χ4v) is 2.28. The Morgan fingerprint density at radius 1 is 1.65 bits per heavy atom. The molecule has 1 aromatic heterocycles. The standard InChI is InChI=1S/C12H15ClN2O2/c1-8-5-11(13)10(6-14-8)12(17)15-4-2-3-9(16)7-15/h5-6,9,16H,2-4,7H2,1H3/t9-/m0/s1. The number of aliphatic hydroxyl groups is 1. The summed E-state index contributed by atoms with van der Waals surface area (Å²) >= 11 is 6.03. The molecule has 0 unspecified atom stereocenters. The zero-order valence-electron chi connectivity index (χ0n) is 9.69. The van der Waals surface area contributed by atoms with Gasteiger partial charge in [0.1, 0.15) is 0 Å². The normalized spacial score (nSPS) is 20.4. The largest absolute Gasteiger partial charge is 0.391 e. The number of β-amino-alcohol motifs (C(OH)–C–C–N with tert-alkyl or cyclic N) is 1. The molecule has 0 radical (unpaired) electrons. The number of carbonyl (C=O) groups excluding carboxylic acids is 1. The number of carbonyl (C=O) groups is 1. The van der Waals surface area contributed by atoms with Crippen LogP contribution >= 0.6 is 11.6 Å². The Balaban J connectivity index is 2.18. The number of aromatic nitrogens is 1. The van der Waals surface area contributed by atoms with Gasteiger partial charge in [-0.3, -0.25) is 9.78 Å². The van der Waals surface area contributed by atoms with E-state index in [1.807, 2.05) is 6.92 Å². The van der Waals surface area contributed by atoms with Crippen LogP contribution in [0, 0.1) is 6.92 Å². The van der Waals surface area contributed by atoms with Crippen LogP contribution in [-0.2, 0) is 0 Å². The lowest BCUT2D eigenvalue weighted by Gasteiger charge is -2.30. The van der Waals surface area contributed by atoms with Crippen molar-refractivity contribution in [2.75, 3.05) is 13.1 Å². The molecule has 2 rings (SSSR count). The lowest BCUT2D eigenvalue weighted by molar-refractivity contribution is 0.0473. The lowest BCUT2D eigenvalue weighted by Crippen LogP contribution is -2.42. The van der Waals surface area contributed by atoms with E-state index in [1.165, 1.54) is 6.20 Å². The van der Waals surface area contributed by atoms with E-state index in [1.54, 1.807) is 11.0 Å². The number of aliphatic hydroxyl groups excluding tert-OH is 1. The maximum absolute atomic E-state index is 12.2. The van der Waals surface area contributed by atoms with E-state index in [4.69, 9.17) is 11.6 Å². The predicted molar refractivity (Wildman–Crippen MR) is 65.1 cm³/mol. The molecule has 1 aliphatic heterocycles. The maximum atomic E-state index is 12.2. The molecule has 1 atom stereocenters. The van der Waals surface area contributed by atoms with Gasteiger partial charge in [-0.1, -0.05) is 11.6 Å². The minimum atomic E-state index is -0.426. The van der Waals surface area contributed by atoms with Crippen LogP contribution in [0.2, 0.25) is 5.02 Å². The summed E-state index contributed by atoms with van der Waals surface area (Å²) in [6.07, 6.45) is 2.65. The third-order valence-electron chi connectivity index (χ3n) is 2.90. The Kier molecular flexibility index (Phi) is 3.64. The zero-order valence-corrected chi connectivity index (χ0v) is 10.4. The van der Waals surface area contributed by atoms with Crippen LogP contribution in [0.3, 0.4) is 0 Å². The van der Waals surface area contributed by atoms with E-state index in [9.17, 15) is 9.90 Å². The van der Waals surface area contributed by atoms with Gasteiger partial charge in [0.2, 0.25) is 0 Å². The number of halogens is 1.